The van der Waals surface area contributed by atoms with Crippen molar-refractivity contribution in [3.05, 3.63) is 112 Å². The van der Waals surface area contributed by atoms with E-state index in [0.29, 0.717) is 57.6 Å². The molecular formula is C28H24ClN5O3. The normalized spacial score (nSPS) is 12.9. The van der Waals surface area contributed by atoms with E-state index in [1.165, 1.54) is 4.90 Å². The van der Waals surface area contributed by atoms with Gasteiger partial charge in [-0.05, 0) is 50.5 Å². The van der Waals surface area contributed by atoms with Gasteiger partial charge >= 0.3 is 0 Å². The number of amides is 2. The van der Waals surface area contributed by atoms with Crippen LogP contribution in [0.3, 0.4) is 0 Å². The molecule has 3 aromatic carbocycles. The van der Waals surface area contributed by atoms with Gasteiger partial charge in [-0.25, -0.2) is 0 Å². The molecule has 0 N–H and O–H groups in total. The van der Waals surface area contributed by atoms with E-state index in [1.807, 2.05) is 25.1 Å². The Morgan fingerprint density at radius 2 is 1.38 bits per heavy atom. The molecule has 0 spiro atoms. The minimum Gasteiger partial charge on any atom is -0.309 e. The number of para-hydroxylation sites is 1. The zero-order valence-corrected chi connectivity index (χ0v) is 21.1. The zero-order chi connectivity index (χ0) is 26.1. The molecular weight excluding hydrogens is 490 g/mol. The van der Waals surface area contributed by atoms with Gasteiger partial charge in [-0.3, -0.25) is 23.9 Å². The summed E-state index contributed by atoms with van der Waals surface area (Å²) in [4.78, 5) is 42.9. The molecule has 8 nitrogen and oxygen atoms in total. The number of likely N-dealkylation sites (N-methyl/N-ethyl adjacent to an activating group) is 1. The molecule has 0 saturated heterocycles. The summed E-state index contributed by atoms with van der Waals surface area (Å²) >= 11 is 6.34. The lowest BCUT2D eigenvalue weighted by Gasteiger charge is -2.18. The van der Waals surface area contributed by atoms with Gasteiger partial charge in [-0.2, -0.15) is 0 Å². The number of aromatic nitrogens is 3. The fraction of sp³-hybridized carbons (Fsp3) is 0.179. The van der Waals surface area contributed by atoms with Crippen LogP contribution in [-0.2, 0) is 13.0 Å². The number of nitrogens with zero attached hydrogens (tertiary/aromatic N) is 5. The third kappa shape index (κ3) is 4.57. The van der Waals surface area contributed by atoms with E-state index in [2.05, 4.69) is 10.2 Å². The van der Waals surface area contributed by atoms with Crippen LogP contribution in [0.1, 0.15) is 48.3 Å². The third-order valence-electron chi connectivity index (χ3n) is 6.27. The van der Waals surface area contributed by atoms with Crippen LogP contribution in [0.15, 0.2) is 72.8 Å². The van der Waals surface area contributed by atoms with Crippen molar-refractivity contribution in [2.75, 3.05) is 20.6 Å². The van der Waals surface area contributed by atoms with Crippen LogP contribution in [0.25, 0.3) is 5.69 Å². The highest BCUT2D eigenvalue weighted by Gasteiger charge is 2.36. The van der Waals surface area contributed by atoms with Crippen molar-refractivity contribution < 1.29 is 14.4 Å². The van der Waals surface area contributed by atoms with Crippen LogP contribution in [0.5, 0.6) is 0 Å². The molecule has 4 aromatic rings. The topological polar surface area (TPSA) is 88.4 Å². The van der Waals surface area contributed by atoms with Crippen LogP contribution < -0.4 is 0 Å². The smallest absolute Gasteiger partial charge is 0.261 e. The van der Waals surface area contributed by atoms with Crippen molar-refractivity contribution in [2.45, 2.75) is 13.0 Å². The first-order valence-electron chi connectivity index (χ1n) is 11.8. The molecule has 0 radical (unpaired) electrons. The second-order valence-electron chi connectivity index (χ2n) is 8.99. The lowest BCUT2D eigenvalue weighted by molar-refractivity contribution is 0.0637. The standard InChI is InChI=1S/C28H24ClN5O3/c1-32(2)16-15-24-30-31-25(17-33-27(36)18-9-3-4-10-19(18)28(33)37)34(24)23-14-8-6-12-21(23)26(35)20-11-5-7-13-22(20)29/h3-14H,15-17H2,1-2H3. The highest BCUT2D eigenvalue weighted by molar-refractivity contribution is 6.35. The molecule has 2 heterocycles. The number of rotatable bonds is 8. The number of fused-ring (bicyclic) bond motifs is 1. The van der Waals surface area contributed by atoms with E-state index >= 15 is 0 Å². The molecule has 186 valence electrons. The van der Waals surface area contributed by atoms with E-state index in [1.54, 1.807) is 71.3 Å². The van der Waals surface area contributed by atoms with Gasteiger partial charge < -0.3 is 4.90 Å². The van der Waals surface area contributed by atoms with E-state index < -0.39 is 0 Å². The number of carbonyl (C=O) groups excluding carboxylic acids is 3. The first kappa shape index (κ1) is 24.5. The Morgan fingerprint density at radius 3 is 2.03 bits per heavy atom. The Labute approximate surface area is 219 Å². The molecule has 37 heavy (non-hydrogen) atoms. The largest absolute Gasteiger partial charge is 0.309 e. The number of carbonyl (C=O) groups is 3. The second-order valence-corrected chi connectivity index (χ2v) is 9.40. The Kier molecular flexibility index (Phi) is 6.69. The van der Waals surface area contributed by atoms with E-state index in [-0.39, 0.29) is 24.1 Å². The fourth-order valence-electron chi connectivity index (χ4n) is 4.39. The molecule has 0 atom stereocenters. The molecule has 5 rings (SSSR count). The summed E-state index contributed by atoms with van der Waals surface area (Å²) in [7, 11) is 3.91. The van der Waals surface area contributed by atoms with Gasteiger partial charge in [0.25, 0.3) is 11.8 Å². The molecule has 0 unspecified atom stereocenters. The average Bonchev–Trinajstić information content (AvgIpc) is 3.41. The Balaban J connectivity index is 1.59. The van der Waals surface area contributed by atoms with Crippen LogP contribution in [0, 0.1) is 0 Å². The van der Waals surface area contributed by atoms with Crippen molar-refractivity contribution in [1.82, 2.24) is 24.6 Å². The SMILES string of the molecule is CN(C)CCc1nnc(CN2C(=O)c3ccccc3C2=O)n1-c1ccccc1C(=O)c1ccccc1Cl. The summed E-state index contributed by atoms with van der Waals surface area (Å²) < 4.78 is 1.77. The van der Waals surface area contributed by atoms with Crippen LogP contribution in [0.4, 0.5) is 0 Å². The second kappa shape index (κ2) is 10.1. The number of hydrogen-bond donors (Lipinski definition) is 0. The van der Waals surface area contributed by atoms with E-state index in [4.69, 9.17) is 11.6 Å². The fourth-order valence-corrected chi connectivity index (χ4v) is 4.62. The van der Waals surface area contributed by atoms with E-state index in [0.717, 1.165) is 0 Å². The number of hydrogen-bond acceptors (Lipinski definition) is 6. The highest BCUT2D eigenvalue weighted by atomic mass is 35.5. The summed E-state index contributed by atoms with van der Waals surface area (Å²) in [5.41, 5.74) is 2.06. The summed E-state index contributed by atoms with van der Waals surface area (Å²) in [5.74, 6) is -0.0293. The van der Waals surface area contributed by atoms with Gasteiger partial charge in [0.1, 0.15) is 5.82 Å². The summed E-state index contributed by atoms with van der Waals surface area (Å²) in [6.07, 6.45) is 0.538. The summed E-state index contributed by atoms with van der Waals surface area (Å²) in [6, 6.07) is 20.7. The lowest BCUT2D eigenvalue weighted by Crippen LogP contribution is -2.30. The molecule has 1 aliphatic heterocycles. The van der Waals surface area contributed by atoms with Crippen molar-refractivity contribution in [3.63, 3.8) is 0 Å². The molecule has 9 heteroatoms. The van der Waals surface area contributed by atoms with Crippen LogP contribution in [-0.4, -0.2) is 62.8 Å². The van der Waals surface area contributed by atoms with Crippen molar-refractivity contribution >= 4 is 29.2 Å². The van der Waals surface area contributed by atoms with Crippen molar-refractivity contribution in [2.24, 2.45) is 0 Å². The molecule has 0 fully saturated rings. The number of benzene rings is 3. The number of imide groups is 1. The van der Waals surface area contributed by atoms with Gasteiger partial charge in [0.05, 0.1) is 28.4 Å². The molecule has 0 saturated carbocycles. The number of ketones is 1. The van der Waals surface area contributed by atoms with Crippen molar-refractivity contribution in [1.29, 1.82) is 0 Å². The third-order valence-corrected chi connectivity index (χ3v) is 6.60. The Morgan fingerprint density at radius 1 is 0.811 bits per heavy atom. The Hall–Kier alpha value is -4.14. The molecule has 1 aromatic heterocycles. The van der Waals surface area contributed by atoms with Gasteiger partial charge in [0.15, 0.2) is 11.6 Å². The molecule has 1 aliphatic rings. The average molecular weight is 514 g/mol. The van der Waals surface area contributed by atoms with Crippen LogP contribution in [0.2, 0.25) is 5.02 Å². The van der Waals surface area contributed by atoms with Gasteiger partial charge in [-0.15, -0.1) is 10.2 Å². The molecule has 0 bridgehead atoms. The van der Waals surface area contributed by atoms with Gasteiger partial charge in [0.2, 0.25) is 0 Å². The number of halogens is 1. The van der Waals surface area contributed by atoms with E-state index in [9.17, 15) is 14.4 Å². The maximum atomic E-state index is 13.6. The van der Waals surface area contributed by atoms with Crippen LogP contribution >= 0.6 is 11.6 Å². The summed E-state index contributed by atoms with van der Waals surface area (Å²) in [6.45, 7) is 0.599. The predicted octanol–water partition coefficient (Wildman–Crippen LogP) is 4.05. The Bertz CT molecular complexity index is 1490. The predicted molar refractivity (Wildman–Crippen MR) is 139 cm³/mol. The minimum absolute atomic E-state index is 0.0874. The minimum atomic E-state index is -0.384. The monoisotopic (exact) mass is 513 g/mol. The maximum Gasteiger partial charge on any atom is 0.261 e. The molecule has 2 amide bonds. The molecule has 0 aliphatic carbocycles. The summed E-state index contributed by atoms with van der Waals surface area (Å²) in [5, 5.41) is 9.12. The first-order valence-corrected chi connectivity index (χ1v) is 12.2. The van der Waals surface area contributed by atoms with Crippen molar-refractivity contribution in [3.8, 4) is 5.69 Å². The highest BCUT2D eigenvalue weighted by Crippen LogP contribution is 2.28. The zero-order valence-electron chi connectivity index (χ0n) is 20.4. The van der Waals surface area contributed by atoms with Gasteiger partial charge in [0, 0.05) is 24.1 Å². The van der Waals surface area contributed by atoms with Gasteiger partial charge in [-0.1, -0.05) is 48.0 Å². The quantitative estimate of drug-likeness (QED) is 0.261. The first-order chi connectivity index (χ1) is 17.9. The lowest BCUT2D eigenvalue weighted by atomic mass is 10.0. The maximum absolute atomic E-state index is 13.6.